The summed E-state index contributed by atoms with van der Waals surface area (Å²) in [6.07, 6.45) is 1.62. The summed E-state index contributed by atoms with van der Waals surface area (Å²) >= 11 is 0. The van der Waals surface area contributed by atoms with E-state index < -0.39 is 7.60 Å². The van der Waals surface area contributed by atoms with Crippen LogP contribution in [0.25, 0.3) is 11.5 Å². The van der Waals surface area contributed by atoms with Crippen molar-refractivity contribution in [1.82, 2.24) is 4.98 Å². The fourth-order valence-electron chi connectivity index (χ4n) is 2.34. The van der Waals surface area contributed by atoms with Gasteiger partial charge >= 0.3 is 7.60 Å². The maximum absolute atomic E-state index is 12.8. The number of hydrogen-bond donors (Lipinski definition) is 1. The molecule has 2 aromatic carbocycles. The molecule has 140 valence electrons. The zero-order valence-corrected chi connectivity index (χ0v) is 16.1. The first-order valence-electron chi connectivity index (χ1n) is 8.20. The van der Waals surface area contributed by atoms with Crippen LogP contribution in [-0.4, -0.2) is 25.4 Å². The van der Waals surface area contributed by atoms with Crippen LogP contribution in [0.3, 0.4) is 0 Å². The first-order valence-corrected chi connectivity index (χ1v) is 9.74. The normalized spacial score (nSPS) is 11.8. The molecule has 8 heteroatoms. The number of rotatable bonds is 7. The van der Waals surface area contributed by atoms with Gasteiger partial charge in [0, 0.05) is 19.8 Å². The molecule has 0 aliphatic rings. The quantitative estimate of drug-likeness (QED) is 0.373. The number of oxazole rings is 1. The van der Waals surface area contributed by atoms with Gasteiger partial charge in [0.1, 0.15) is 0 Å². The molecule has 0 saturated carbocycles. The lowest BCUT2D eigenvalue weighted by Gasteiger charge is -2.11. The van der Waals surface area contributed by atoms with Gasteiger partial charge in [-0.1, -0.05) is 48.0 Å². The first kappa shape index (κ1) is 19.0. The Balaban J connectivity index is 1.93. The molecule has 3 rings (SSSR count). The molecule has 0 amide bonds. The molecule has 1 aromatic heterocycles. The third kappa shape index (κ3) is 4.34. The van der Waals surface area contributed by atoms with Crippen LogP contribution in [0.4, 0.5) is 5.88 Å². The van der Waals surface area contributed by atoms with Gasteiger partial charge in [0.25, 0.3) is 0 Å². The molecule has 27 heavy (non-hydrogen) atoms. The Morgan fingerprint density at radius 1 is 1.07 bits per heavy atom. The highest BCUT2D eigenvalue weighted by molar-refractivity contribution is 7.62. The lowest BCUT2D eigenvalue weighted by molar-refractivity contribution is 0.286. The SMILES string of the molecule is COP(=O)(OC)c1nc(-c2ccccc2)oc1NN=Cc1ccc(C)cc1. The Morgan fingerprint density at radius 2 is 1.74 bits per heavy atom. The van der Waals surface area contributed by atoms with E-state index in [0.29, 0.717) is 0 Å². The van der Waals surface area contributed by atoms with Gasteiger partial charge in [-0.25, -0.2) is 5.43 Å². The Kier molecular flexibility index (Phi) is 5.86. The van der Waals surface area contributed by atoms with E-state index in [1.165, 1.54) is 14.2 Å². The van der Waals surface area contributed by atoms with Crippen LogP contribution in [-0.2, 0) is 13.6 Å². The topological polar surface area (TPSA) is 86.0 Å². The molecule has 0 spiro atoms. The molecular weight excluding hydrogens is 365 g/mol. The first-order chi connectivity index (χ1) is 13.1. The monoisotopic (exact) mass is 385 g/mol. The van der Waals surface area contributed by atoms with Crippen molar-refractivity contribution in [2.24, 2.45) is 5.10 Å². The van der Waals surface area contributed by atoms with Crippen molar-refractivity contribution < 1.29 is 18.0 Å². The molecule has 0 saturated heterocycles. The molecule has 3 aromatic rings. The van der Waals surface area contributed by atoms with Crippen molar-refractivity contribution in [1.29, 1.82) is 0 Å². The molecule has 7 nitrogen and oxygen atoms in total. The van der Waals surface area contributed by atoms with Gasteiger partial charge < -0.3 is 13.5 Å². The standard InChI is InChI=1S/C19H20N3O4P/c1-14-9-11-15(12-10-14)13-20-22-18-19(27(23,24-2)25-3)21-17(26-18)16-7-5-4-6-8-16/h4-13,22H,1-3H3. The van der Waals surface area contributed by atoms with Gasteiger partial charge in [-0.2, -0.15) is 10.1 Å². The summed E-state index contributed by atoms with van der Waals surface area (Å²) in [6.45, 7) is 2.01. The molecule has 0 aliphatic carbocycles. The van der Waals surface area contributed by atoms with E-state index in [-0.39, 0.29) is 17.2 Å². The Morgan fingerprint density at radius 3 is 2.37 bits per heavy atom. The molecule has 1 N–H and O–H groups in total. The van der Waals surface area contributed by atoms with Crippen molar-refractivity contribution in [2.75, 3.05) is 19.6 Å². The summed E-state index contributed by atoms with van der Waals surface area (Å²) < 4.78 is 28.7. The van der Waals surface area contributed by atoms with Crippen molar-refractivity contribution in [3.05, 3.63) is 65.7 Å². The third-order valence-electron chi connectivity index (χ3n) is 3.83. The minimum Gasteiger partial charge on any atom is -0.418 e. The van der Waals surface area contributed by atoms with E-state index >= 15 is 0 Å². The summed E-state index contributed by atoms with van der Waals surface area (Å²) in [5.41, 5.74) is 5.57. The minimum atomic E-state index is -3.63. The molecule has 0 fully saturated rings. The van der Waals surface area contributed by atoms with Gasteiger partial charge in [-0.3, -0.25) is 4.57 Å². The van der Waals surface area contributed by atoms with Crippen molar-refractivity contribution in [2.45, 2.75) is 6.92 Å². The predicted octanol–water partition coefficient (Wildman–Crippen LogP) is 4.21. The minimum absolute atomic E-state index is 0.0346. The molecule has 0 bridgehead atoms. The lowest BCUT2D eigenvalue weighted by Crippen LogP contribution is -2.13. The number of anilines is 1. The Bertz CT molecular complexity index is 960. The summed E-state index contributed by atoms with van der Waals surface area (Å²) in [6, 6.07) is 17.1. The van der Waals surface area contributed by atoms with Crippen molar-refractivity contribution >= 4 is 25.1 Å². The van der Waals surface area contributed by atoms with Crippen LogP contribution in [0, 0.1) is 6.92 Å². The highest BCUT2D eigenvalue weighted by Crippen LogP contribution is 2.47. The second-order valence-corrected chi connectivity index (χ2v) is 7.83. The largest absolute Gasteiger partial charge is 0.418 e. The van der Waals surface area contributed by atoms with Crippen LogP contribution in [0.15, 0.2) is 64.1 Å². The van der Waals surface area contributed by atoms with Crippen LogP contribution in [0.5, 0.6) is 0 Å². The average molecular weight is 385 g/mol. The zero-order valence-electron chi connectivity index (χ0n) is 15.2. The zero-order chi connectivity index (χ0) is 19.3. The van der Waals surface area contributed by atoms with Crippen LogP contribution >= 0.6 is 7.60 Å². The molecule has 1 heterocycles. The van der Waals surface area contributed by atoms with E-state index in [4.69, 9.17) is 13.5 Å². The fraction of sp³-hybridized carbons (Fsp3) is 0.158. The Hall–Kier alpha value is -2.73. The van der Waals surface area contributed by atoms with Gasteiger partial charge in [0.05, 0.1) is 6.21 Å². The van der Waals surface area contributed by atoms with Gasteiger partial charge in [0.15, 0.2) is 0 Å². The van der Waals surface area contributed by atoms with E-state index in [0.717, 1.165) is 16.7 Å². The highest BCUT2D eigenvalue weighted by Gasteiger charge is 2.34. The van der Waals surface area contributed by atoms with E-state index in [1.54, 1.807) is 6.21 Å². The Labute approximate surface area is 157 Å². The number of nitrogens with one attached hydrogen (secondary N) is 1. The van der Waals surface area contributed by atoms with E-state index in [1.807, 2.05) is 61.5 Å². The number of nitrogens with zero attached hydrogens (tertiary/aromatic N) is 2. The molecule has 0 aliphatic heterocycles. The van der Waals surface area contributed by atoms with Crippen LogP contribution in [0.1, 0.15) is 11.1 Å². The molecule has 0 atom stereocenters. The average Bonchev–Trinajstić information content (AvgIpc) is 3.14. The maximum Gasteiger partial charge on any atom is 0.384 e. The molecule has 0 unspecified atom stereocenters. The number of aromatic nitrogens is 1. The van der Waals surface area contributed by atoms with Crippen LogP contribution in [0.2, 0.25) is 0 Å². The summed E-state index contributed by atoms with van der Waals surface area (Å²) in [5, 5.41) is 4.15. The summed E-state index contributed by atoms with van der Waals surface area (Å²) in [4.78, 5) is 4.32. The van der Waals surface area contributed by atoms with E-state index in [9.17, 15) is 4.57 Å². The van der Waals surface area contributed by atoms with Crippen LogP contribution < -0.4 is 10.9 Å². The van der Waals surface area contributed by atoms with Crippen molar-refractivity contribution in [3.8, 4) is 11.5 Å². The number of hydrogen-bond acceptors (Lipinski definition) is 7. The third-order valence-corrected chi connectivity index (χ3v) is 5.61. The highest BCUT2D eigenvalue weighted by atomic mass is 31.2. The summed E-state index contributed by atoms with van der Waals surface area (Å²) in [5.74, 6) is 0.386. The van der Waals surface area contributed by atoms with Gasteiger partial charge in [-0.05, 0) is 24.6 Å². The molecule has 0 radical (unpaired) electrons. The van der Waals surface area contributed by atoms with E-state index in [2.05, 4.69) is 15.5 Å². The van der Waals surface area contributed by atoms with Gasteiger partial charge in [-0.15, -0.1) is 0 Å². The lowest BCUT2D eigenvalue weighted by atomic mass is 10.2. The van der Waals surface area contributed by atoms with Gasteiger partial charge in [0.2, 0.25) is 17.2 Å². The number of benzene rings is 2. The second-order valence-electron chi connectivity index (χ2n) is 5.68. The second kappa shape index (κ2) is 8.31. The number of aryl methyl sites for hydroxylation is 1. The predicted molar refractivity (Wildman–Crippen MR) is 106 cm³/mol. The molecular formula is C19H20N3O4P. The fourth-order valence-corrected chi connectivity index (χ4v) is 3.39. The maximum atomic E-state index is 12.8. The summed E-state index contributed by atoms with van der Waals surface area (Å²) in [7, 11) is -1.05. The smallest absolute Gasteiger partial charge is 0.384 e. The number of hydrazone groups is 1. The van der Waals surface area contributed by atoms with Crippen molar-refractivity contribution in [3.63, 3.8) is 0 Å².